The zero-order valence-electron chi connectivity index (χ0n) is 17.5. The molecule has 4 heteroatoms. The third kappa shape index (κ3) is 3.10. The maximum atomic E-state index is 13.0. The SMILES string of the molecule is CC(C)(C)NC(=O)[C@H]1CC[C@H]2[C@@H]3CC[C@H]4SC(=O)C=C[C@]4(C)[C@H]3CC[C@]12C. The first kappa shape index (κ1) is 19.5. The number of fused-ring (bicyclic) bond motifs is 5. The molecule has 3 saturated carbocycles. The molecule has 0 bridgehead atoms. The van der Waals surface area contributed by atoms with E-state index in [-0.39, 0.29) is 33.3 Å². The van der Waals surface area contributed by atoms with Gasteiger partial charge in [0, 0.05) is 22.1 Å². The Bertz CT molecular complexity index is 680. The van der Waals surface area contributed by atoms with Gasteiger partial charge in [-0.1, -0.05) is 31.7 Å². The van der Waals surface area contributed by atoms with Gasteiger partial charge in [0.15, 0.2) is 0 Å². The number of amides is 1. The molecule has 0 saturated heterocycles. The fraction of sp³-hybridized carbons (Fsp3) is 0.826. The molecule has 0 aromatic heterocycles. The van der Waals surface area contributed by atoms with E-state index >= 15 is 0 Å². The minimum atomic E-state index is -0.162. The number of allylic oxidation sites excluding steroid dienone is 1. The van der Waals surface area contributed by atoms with Crippen LogP contribution in [0.25, 0.3) is 0 Å². The molecule has 3 fully saturated rings. The maximum Gasteiger partial charge on any atom is 0.224 e. The van der Waals surface area contributed by atoms with Crippen LogP contribution in [-0.2, 0) is 9.59 Å². The fourth-order valence-electron chi connectivity index (χ4n) is 7.09. The maximum absolute atomic E-state index is 13.0. The molecule has 0 aromatic rings. The standard InChI is InChI=1S/C23H35NO2S/c1-21(2,3)24-20(26)17-8-7-15-14-6-9-18-23(5,13-11-19(25)27-18)16(14)10-12-22(15,17)4/h11,13-18H,6-10,12H2,1-5H3,(H,24,26)/t14-,15-,16-,17+,18+,22-,23+/m0/s1. The Morgan fingerprint density at radius 3 is 2.56 bits per heavy atom. The molecule has 0 spiro atoms. The molecule has 0 unspecified atom stereocenters. The molecular weight excluding hydrogens is 354 g/mol. The minimum absolute atomic E-state index is 0.140. The van der Waals surface area contributed by atoms with Gasteiger partial charge in [-0.2, -0.15) is 0 Å². The van der Waals surface area contributed by atoms with Crippen LogP contribution in [0.3, 0.4) is 0 Å². The van der Waals surface area contributed by atoms with Crippen LogP contribution in [0.1, 0.15) is 73.1 Å². The summed E-state index contributed by atoms with van der Waals surface area (Å²) in [5, 5.41) is 3.94. The van der Waals surface area contributed by atoms with Gasteiger partial charge >= 0.3 is 0 Å². The number of hydrogen-bond donors (Lipinski definition) is 1. The first-order valence-electron chi connectivity index (χ1n) is 10.8. The monoisotopic (exact) mass is 389 g/mol. The van der Waals surface area contributed by atoms with Crippen molar-refractivity contribution in [2.75, 3.05) is 0 Å². The lowest BCUT2D eigenvalue weighted by molar-refractivity contribution is -0.133. The number of rotatable bonds is 1. The van der Waals surface area contributed by atoms with E-state index in [1.807, 2.05) is 6.08 Å². The third-order valence-electron chi connectivity index (χ3n) is 8.34. The summed E-state index contributed by atoms with van der Waals surface area (Å²) in [4.78, 5) is 25.0. The molecule has 3 nitrogen and oxygen atoms in total. The van der Waals surface area contributed by atoms with E-state index in [1.54, 1.807) is 11.8 Å². The van der Waals surface area contributed by atoms with Crippen LogP contribution in [0.4, 0.5) is 0 Å². The fourth-order valence-corrected chi connectivity index (χ4v) is 8.28. The quantitative estimate of drug-likeness (QED) is 0.689. The Balaban J connectivity index is 1.58. The van der Waals surface area contributed by atoms with Gasteiger partial charge in [-0.05, 0) is 88.5 Å². The average Bonchev–Trinajstić information content (AvgIpc) is 2.91. The molecule has 1 aliphatic heterocycles. The number of carbonyl (C=O) groups is 2. The highest BCUT2D eigenvalue weighted by Crippen LogP contribution is 2.66. The van der Waals surface area contributed by atoms with Crippen molar-refractivity contribution in [3.05, 3.63) is 12.2 Å². The summed E-state index contributed by atoms with van der Waals surface area (Å²) in [6, 6.07) is 0. The lowest BCUT2D eigenvalue weighted by Gasteiger charge is -2.58. The van der Waals surface area contributed by atoms with Gasteiger partial charge in [-0.15, -0.1) is 0 Å². The second-order valence-electron chi connectivity index (χ2n) is 11.0. The van der Waals surface area contributed by atoms with Gasteiger partial charge in [0.2, 0.25) is 11.0 Å². The number of thioether (sulfide) groups is 1. The molecule has 4 aliphatic rings. The van der Waals surface area contributed by atoms with Crippen molar-refractivity contribution in [3.8, 4) is 0 Å². The first-order chi connectivity index (χ1) is 12.5. The molecule has 27 heavy (non-hydrogen) atoms. The van der Waals surface area contributed by atoms with E-state index in [1.165, 1.54) is 19.3 Å². The van der Waals surface area contributed by atoms with Gasteiger partial charge in [-0.25, -0.2) is 0 Å². The summed E-state index contributed by atoms with van der Waals surface area (Å²) in [6.45, 7) is 11.0. The van der Waals surface area contributed by atoms with Gasteiger partial charge in [0.25, 0.3) is 0 Å². The highest BCUT2D eigenvalue weighted by atomic mass is 32.2. The second-order valence-corrected chi connectivity index (χ2v) is 12.2. The van der Waals surface area contributed by atoms with Crippen molar-refractivity contribution < 1.29 is 9.59 Å². The van der Waals surface area contributed by atoms with Crippen molar-refractivity contribution in [3.63, 3.8) is 0 Å². The van der Waals surface area contributed by atoms with E-state index in [2.05, 4.69) is 46.0 Å². The number of nitrogens with one attached hydrogen (secondary N) is 1. The van der Waals surface area contributed by atoms with Crippen molar-refractivity contribution in [1.29, 1.82) is 0 Å². The smallest absolute Gasteiger partial charge is 0.224 e. The molecule has 1 heterocycles. The van der Waals surface area contributed by atoms with E-state index in [0.29, 0.717) is 23.0 Å². The van der Waals surface area contributed by atoms with Crippen LogP contribution < -0.4 is 5.32 Å². The topological polar surface area (TPSA) is 46.2 Å². The highest BCUT2D eigenvalue weighted by Gasteiger charge is 2.61. The van der Waals surface area contributed by atoms with Crippen LogP contribution in [0.5, 0.6) is 0 Å². The van der Waals surface area contributed by atoms with E-state index < -0.39 is 0 Å². The summed E-state index contributed by atoms with van der Waals surface area (Å²) in [5.74, 6) is 2.45. The van der Waals surface area contributed by atoms with Crippen molar-refractivity contribution in [2.24, 2.45) is 34.5 Å². The Morgan fingerprint density at radius 2 is 1.85 bits per heavy atom. The van der Waals surface area contributed by atoms with E-state index in [0.717, 1.165) is 19.3 Å². The Hall–Kier alpha value is -0.770. The molecule has 1 amide bonds. The predicted molar refractivity (Wildman–Crippen MR) is 111 cm³/mol. The van der Waals surface area contributed by atoms with Crippen LogP contribution in [0.2, 0.25) is 0 Å². The van der Waals surface area contributed by atoms with Gasteiger partial charge in [0.1, 0.15) is 0 Å². The van der Waals surface area contributed by atoms with Gasteiger partial charge in [0.05, 0.1) is 0 Å². The Morgan fingerprint density at radius 1 is 1.11 bits per heavy atom. The normalized spacial score (nSPS) is 46.4. The van der Waals surface area contributed by atoms with E-state index in [9.17, 15) is 9.59 Å². The lowest BCUT2D eigenvalue weighted by atomic mass is 9.49. The molecule has 150 valence electrons. The summed E-state index contributed by atoms with van der Waals surface area (Å²) >= 11 is 1.57. The largest absolute Gasteiger partial charge is 0.351 e. The molecule has 7 atom stereocenters. The van der Waals surface area contributed by atoms with Gasteiger partial charge in [-0.3, -0.25) is 9.59 Å². The Labute approximate surface area is 168 Å². The highest BCUT2D eigenvalue weighted by molar-refractivity contribution is 8.14. The molecule has 0 aromatic carbocycles. The second kappa shape index (κ2) is 6.37. The summed E-state index contributed by atoms with van der Waals surface area (Å²) in [5.41, 5.74) is 0.126. The molecule has 3 aliphatic carbocycles. The molecule has 1 N–H and O–H groups in total. The van der Waals surface area contributed by atoms with Crippen LogP contribution in [-0.4, -0.2) is 21.8 Å². The molecule has 4 rings (SSSR count). The predicted octanol–water partition coefficient (Wildman–Crippen LogP) is 4.96. The summed E-state index contributed by atoms with van der Waals surface area (Å²) in [6.07, 6.45) is 11.0. The van der Waals surface area contributed by atoms with Crippen LogP contribution >= 0.6 is 11.8 Å². The third-order valence-corrected chi connectivity index (χ3v) is 9.74. The van der Waals surface area contributed by atoms with E-state index in [4.69, 9.17) is 0 Å². The van der Waals surface area contributed by atoms with Crippen LogP contribution in [0, 0.1) is 34.5 Å². The zero-order valence-corrected chi connectivity index (χ0v) is 18.3. The number of hydrogen-bond acceptors (Lipinski definition) is 3. The molecule has 0 radical (unpaired) electrons. The zero-order chi connectivity index (χ0) is 19.6. The summed E-state index contributed by atoms with van der Waals surface area (Å²) < 4.78 is 0. The van der Waals surface area contributed by atoms with Crippen molar-refractivity contribution in [1.82, 2.24) is 5.32 Å². The van der Waals surface area contributed by atoms with Gasteiger partial charge < -0.3 is 5.32 Å². The minimum Gasteiger partial charge on any atom is -0.351 e. The summed E-state index contributed by atoms with van der Waals surface area (Å²) in [7, 11) is 0. The molecular formula is C23H35NO2S. The lowest BCUT2D eigenvalue weighted by Crippen LogP contribution is -2.55. The van der Waals surface area contributed by atoms with Crippen molar-refractivity contribution >= 4 is 22.8 Å². The average molecular weight is 390 g/mol. The number of carbonyl (C=O) groups excluding carboxylic acids is 2. The van der Waals surface area contributed by atoms with Crippen LogP contribution in [0.15, 0.2) is 12.2 Å². The van der Waals surface area contributed by atoms with Crippen molar-refractivity contribution in [2.45, 2.75) is 83.9 Å². The first-order valence-corrected chi connectivity index (χ1v) is 11.6. The Kier molecular flexibility index (Phi) is 4.61.